The Morgan fingerprint density at radius 2 is 1.94 bits per heavy atom. The maximum Gasteiger partial charge on any atom is 0.255 e. The van der Waals surface area contributed by atoms with E-state index in [1.165, 1.54) is 0 Å². The van der Waals surface area contributed by atoms with Gasteiger partial charge in [-0.15, -0.1) is 0 Å². The minimum atomic E-state index is -1.08. The van der Waals surface area contributed by atoms with Crippen LogP contribution >= 0.6 is 0 Å². The lowest BCUT2D eigenvalue weighted by atomic mass is 9.76. The number of aromatic nitrogens is 1. The van der Waals surface area contributed by atoms with Crippen molar-refractivity contribution in [3.8, 4) is 5.75 Å². The number of ether oxygens (including phenoxy) is 2. The monoisotopic (exact) mass is 459 g/mol. The highest BCUT2D eigenvalue weighted by molar-refractivity contribution is 6.01. The van der Waals surface area contributed by atoms with Crippen molar-refractivity contribution < 1.29 is 19.1 Å². The molecule has 3 atom stereocenters. The maximum absolute atomic E-state index is 14.0. The number of H-pyrrole nitrogens is 1. The van der Waals surface area contributed by atoms with Crippen molar-refractivity contribution in [3.63, 3.8) is 0 Å². The van der Waals surface area contributed by atoms with Gasteiger partial charge in [0, 0.05) is 36.5 Å². The second-order valence-electron chi connectivity index (χ2n) is 9.68. The number of benzene rings is 2. The van der Waals surface area contributed by atoms with Crippen LogP contribution < -0.4 is 4.74 Å². The summed E-state index contributed by atoms with van der Waals surface area (Å²) in [6.45, 7) is 3.63. The van der Waals surface area contributed by atoms with E-state index in [4.69, 9.17) is 9.47 Å². The molecule has 34 heavy (non-hydrogen) atoms. The van der Waals surface area contributed by atoms with E-state index in [-0.39, 0.29) is 30.4 Å². The number of aromatic amines is 1. The Morgan fingerprint density at radius 3 is 2.68 bits per heavy atom. The average molecular weight is 460 g/mol. The smallest absolute Gasteiger partial charge is 0.255 e. The van der Waals surface area contributed by atoms with Crippen molar-refractivity contribution in [1.82, 2.24) is 14.8 Å². The van der Waals surface area contributed by atoms with Crippen molar-refractivity contribution in [3.05, 3.63) is 65.4 Å². The molecule has 3 aliphatic rings. The summed E-state index contributed by atoms with van der Waals surface area (Å²) in [6, 6.07) is 16.1. The summed E-state index contributed by atoms with van der Waals surface area (Å²) in [5.41, 5.74) is 2.91. The highest BCUT2D eigenvalue weighted by atomic mass is 16.5. The molecule has 3 aliphatic heterocycles. The molecule has 2 fully saturated rings. The molecule has 2 saturated heterocycles. The molecule has 0 bridgehead atoms. The van der Waals surface area contributed by atoms with E-state index in [9.17, 15) is 9.59 Å². The van der Waals surface area contributed by atoms with Crippen LogP contribution in [-0.2, 0) is 19.9 Å². The molecule has 2 amide bonds. The molecule has 176 valence electrons. The molecule has 0 radical (unpaired) electrons. The summed E-state index contributed by atoms with van der Waals surface area (Å²) in [4.78, 5) is 34.6. The molecule has 6 rings (SSSR count). The standard InChI is InChI=1S/C27H29N3O4/c1-27-25-24(20-7-3-4-8-22(20)28-25)21(17-9-11-18(33-2)12-10-17)15-30(27)23(31)16-29(26(27)32)14-19-6-5-13-34-19/h3-4,7-12,19,21,28H,5-6,13-16H2,1-2H3/t19-,21-,27-/m0/s1. The lowest BCUT2D eigenvalue weighted by Gasteiger charge is -2.51. The Balaban J connectivity index is 1.49. The van der Waals surface area contributed by atoms with E-state index in [1.807, 2.05) is 37.3 Å². The molecular formula is C27H29N3O4. The molecule has 7 nitrogen and oxygen atoms in total. The van der Waals surface area contributed by atoms with Gasteiger partial charge in [0.2, 0.25) is 5.91 Å². The molecule has 0 saturated carbocycles. The van der Waals surface area contributed by atoms with Crippen LogP contribution in [0.4, 0.5) is 0 Å². The van der Waals surface area contributed by atoms with Gasteiger partial charge in [0.1, 0.15) is 5.75 Å². The zero-order valence-corrected chi connectivity index (χ0v) is 19.5. The molecular weight excluding hydrogens is 430 g/mol. The predicted octanol–water partition coefficient (Wildman–Crippen LogP) is 3.39. The van der Waals surface area contributed by atoms with E-state index >= 15 is 0 Å². The minimum absolute atomic E-state index is 0.00437. The van der Waals surface area contributed by atoms with Crippen LogP contribution in [0.2, 0.25) is 0 Å². The summed E-state index contributed by atoms with van der Waals surface area (Å²) in [5, 5.41) is 1.09. The van der Waals surface area contributed by atoms with Gasteiger partial charge in [-0.25, -0.2) is 0 Å². The van der Waals surface area contributed by atoms with E-state index in [1.54, 1.807) is 16.9 Å². The van der Waals surface area contributed by atoms with Gasteiger partial charge >= 0.3 is 0 Å². The van der Waals surface area contributed by atoms with E-state index in [0.29, 0.717) is 13.1 Å². The molecule has 0 unspecified atom stereocenters. The third kappa shape index (κ3) is 3.06. The Kier molecular flexibility index (Phi) is 4.92. The van der Waals surface area contributed by atoms with Crippen molar-refractivity contribution in [2.24, 2.45) is 0 Å². The number of nitrogens with one attached hydrogen (secondary N) is 1. The highest BCUT2D eigenvalue weighted by Gasteiger charge is 2.56. The number of carbonyl (C=O) groups is 2. The van der Waals surface area contributed by atoms with Crippen molar-refractivity contribution in [2.75, 3.05) is 33.4 Å². The maximum atomic E-state index is 14.0. The number of fused-ring (bicyclic) bond motifs is 5. The number of nitrogens with zero attached hydrogens (tertiary/aromatic N) is 2. The van der Waals surface area contributed by atoms with Crippen LogP contribution in [0.3, 0.4) is 0 Å². The van der Waals surface area contributed by atoms with Crippen molar-refractivity contribution >= 4 is 22.7 Å². The fourth-order valence-corrected chi connectivity index (χ4v) is 5.99. The molecule has 7 heteroatoms. The van der Waals surface area contributed by atoms with Crippen LogP contribution in [0.1, 0.15) is 42.5 Å². The largest absolute Gasteiger partial charge is 0.497 e. The van der Waals surface area contributed by atoms with Crippen LogP contribution in [0, 0.1) is 0 Å². The summed E-state index contributed by atoms with van der Waals surface area (Å²) in [6.07, 6.45) is 1.93. The molecule has 0 spiro atoms. The van der Waals surface area contributed by atoms with Crippen LogP contribution in [0.25, 0.3) is 10.9 Å². The van der Waals surface area contributed by atoms with Gasteiger partial charge in [0.15, 0.2) is 5.54 Å². The molecule has 4 heterocycles. The number of carbonyl (C=O) groups excluding carboxylic acids is 2. The Morgan fingerprint density at radius 1 is 1.15 bits per heavy atom. The second-order valence-corrected chi connectivity index (χ2v) is 9.68. The topological polar surface area (TPSA) is 74.9 Å². The third-order valence-electron chi connectivity index (χ3n) is 7.78. The van der Waals surface area contributed by atoms with Gasteiger partial charge in [0.25, 0.3) is 5.91 Å². The van der Waals surface area contributed by atoms with Crippen molar-refractivity contribution in [1.29, 1.82) is 0 Å². The number of methoxy groups -OCH3 is 1. The SMILES string of the molecule is COc1ccc([C@@H]2CN3C(=O)CN(C[C@@H]4CCCO4)C(=O)[C@]3(C)c3[nH]c4ccccc4c32)cc1. The quantitative estimate of drug-likeness (QED) is 0.649. The lowest BCUT2D eigenvalue weighted by Crippen LogP contribution is -2.68. The van der Waals surface area contributed by atoms with Gasteiger partial charge in [-0.3, -0.25) is 9.59 Å². The Bertz CT molecular complexity index is 1260. The Labute approximate surface area is 198 Å². The molecule has 2 aromatic carbocycles. The molecule has 3 aromatic rings. The van der Waals surface area contributed by atoms with Gasteiger partial charge < -0.3 is 24.3 Å². The Hall–Kier alpha value is -3.32. The first-order valence-electron chi connectivity index (χ1n) is 12.0. The number of piperazine rings is 1. The van der Waals surface area contributed by atoms with Gasteiger partial charge in [-0.1, -0.05) is 30.3 Å². The number of hydrogen-bond donors (Lipinski definition) is 1. The van der Waals surface area contributed by atoms with Gasteiger partial charge in [-0.05, 0) is 49.1 Å². The normalized spacial score (nSPS) is 26.6. The first kappa shape index (κ1) is 21.2. The molecule has 0 aliphatic carbocycles. The molecule has 1 N–H and O–H groups in total. The second kappa shape index (κ2) is 7.87. The highest BCUT2D eigenvalue weighted by Crippen LogP contribution is 2.48. The summed E-state index contributed by atoms with van der Waals surface area (Å²) in [5.74, 6) is 0.677. The third-order valence-corrected chi connectivity index (χ3v) is 7.78. The zero-order valence-electron chi connectivity index (χ0n) is 19.5. The summed E-state index contributed by atoms with van der Waals surface area (Å²) in [7, 11) is 1.65. The van der Waals surface area contributed by atoms with Gasteiger partial charge in [0.05, 0.1) is 25.5 Å². The number of hydrogen-bond acceptors (Lipinski definition) is 4. The van der Waals surface area contributed by atoms with E-state index in [2.05, 4.69) is 23.2 Å². The average Bonchev–Trinajstić information content (AvgIpc) is 3.51. The van der Waals surface area contributed by atoms with Crippen molar-refractivity contribution in [2.45, 2.75) is 37.3 Å². The minimum Gasteiger partial charge on any atom is -0.497 e. The van der Waals surface area contributed by atoms with E-state index in [0.717, 1.165) is 52.9 Å². The first-order valence-corrected chi connectivity index (χ1v) is 12.0. The lowest BCUT2D eigenvalue weighted by molar-refractivity contribution is -0.167. The van der Waals surface area contributed by atoms with Crippen LogP contribution in [0.5, 0.6) is 5.75 Å². The van der Waals surface area contributed by atoms with Gasteiger partial charge in [-0.2, -0.15) is 0 Å². The van der Waals surface area contributed by atoms with Crippen LogP contribution in [-0.4, -0.2) is 66.1 Å². The zero-order chi connectivity index (χ0) is 23.4. The fraction of sp³-hybridized carbons (Fsp3) is 0.407. The van der Waals surface area contributed by atoms with E-state index < -0.39 is 5.54 Å². The number of rotatable bonds is 4. The predicted molar refractivity (Wildman–Crippen MR) is 128 cm³/mol. The number of amides is 2. The van der Waals surface area contributed by atoms with Crippen LogP contribution in [0.15, 0.2) is 48.5 Å². The fourth-order valence-electron chi connectivity index (χ4n) is 5.99. The number of para-hydroxylation sites is 1. The first-order chi connectivity index (χ1) is 16.5. The molecule has 1 aromatic heterocycles. The summed E-state index contributed by atoms with van der Waals surface area (Å²) < 4.78 is 11.1. The summed E-state index contributed by atoms with van der Waals surface area (Å²) >= 11 is 0.